The number of fused-ring (bicyclic) bond motifs is 1. The number of carbonyl (C=O) groups excluding carboxylic acids is 1. The fourth-order valence-corrected chi connectivity index (χ4v) is 3.48. The summed E-state index contributed by atoms with van der Waals surface area (Å²) < 4.78 is 14.2. The van der Waals surface area contributed by atoms with Gasteiger partial charge in [-0.15, -0.1) is 11.3 Å². The number of benzene rings is 2. The highest BCUT2D eigenvalue weighted by Gasteiger charge is 2.12. The molecule has 1 amide bonds. The fourth-order valence-electron chi connectivity index (χ4n) is 2.61. The summed E-state index contributed by atoms with van der Waals surface area (Å²) in [5.41, 5.74) is 1.84. The number of nitrogens with zero attached hydrogens (tertiary/aromatic N) is 3. The van der Waals surface area contributed by atoms with E-state index in [2.05, 4.69) is 4.98 Å². The van der Waals surface area contributed by atoms with E-state index in [9.17, 15) is 9.18 Å². The smallest absolute Gasteiger partial charge is 0.247 e. The third kappa shape index (κ3) is 5.45. The van der Waals surface area contributed by atoms with Crippen LogP contribution in [0.4, 0.5) is 4.39 Å². The molecule has 3 aromatic rings. The van der Waals surface area contributed by atoms with Crippen molar-refractivity contribution in [2.45, 2.75) is 6.54 Å². The first kappa shape index (κ1) is 19.2. The molecule has 0 N–H and O–H groups in total. The van der Waals surface area contributed by atoms with Crippen molar-refractivity contribution >= 4 is 33.5 Å². The predicted molar refractivity (Wildman–Crippen MR) is 109 cm³/mol. The number of hydrogen-bond donors (Lipinski definition) is 0. The Morgan fingerprint density at radius 3 is 2.56 bits per heavy atom. The van der Waals surface area contributed by atoms with Crippen molar-refractivity contribution < 1.29 is 9.18 Å². The average molecular weight is 383 g/mol. The third-order valence-corrected chi connectivity index (χ3v) is 5.10. The fraction of sp³-hybridized carbons (Fsp3) is 0.238. The maximum atomic E-state index is 13.1. The van der Waals surface area contributed by atoms with Crippen molar-refractivity contribution in [2.24, 2.45) is 0 Å². The van der Waals surface area contributed by atoms with Crippen LogP contribution in [0.5, 0.6) is 0 Å². The van der Waals surface area contributed by atoms with E-state index in [0.717, 1.165) is 27.3 Å². The second-order valence-electron chi connectivity index (χ2n) is 6.54. The molecule has 4 nitrogen and oxygen atoms in total. The van der Waals surface area contributed by atoms with Crippen molar-refractivity contribution in [3.8, 4) is 0 Å². The Labute approximate surface area is 162 Å². The number of carbonyl (C=O) groups is 1. The maximum Gasteiger partial charge on any atom is 0.247 e. The van der Waals surface area contributed by atoms with Gasteiger partial charge in [0, 0.05) is 25.7 Å². The van der Waals surface area contributed by atoms with Crippen LogP contribution in [0.2, 0.25) is 0 Å². The Morgan fingerprint density at radius 1 is 1.11 bits per heavy atom. The average Bonchev–Trinajstić information content (AvgIpc) is 3.07. The zero-order chi connectivity index (χ0) is 19.2. The molecule has 3 rings (SSSR count). The topological polar surface area (TPSA) is 36.4 Å². The van der Waals surface area contributed by atoms with E-state index >= 15 is 0 Å². The first-order chi connectivity index (χ1) is 13.0. The van der Waals surface area contributed by atoms with Crippen LogP contribution in [0.3, 0.4) is 0 Å². The van der Waals surface area contributed by atoms with Crippen LogP contribution in [-0.4, -0.2) is 47.9 Å². The van der Waals surface area contributed by atoms with Crippen LogP contribution in [-0.2, 0) is 11.3 Å². The molecule has 0 spiro atoms. The van der Waals surface area contributed by atoms with Gasteiger partial charge in [-0.2, -0.15) is 0 Å². The number of rotatable bonds is 7. The number of likely N-dealkylation sites (N-methyl/N-ethyl adjacent to an activating group) is 1. The zero-order valence-corrected chi connectivity index (χ0v) is 16.2. The summed E-state index contributed by atoms with van der Waals surface area (Å²) in [6.07, 6.45) is 3.33. The summed E-state index contributed by atoms with van der Waals surface area (Å²) in [5.74, 6) is -0.360. The van der Waals surface area contributed by atoms with Gasteiger partial charge in [0.25, 0.3) is 0 Å². The molecule has 1 aromatic heterocycles. The van der Waals surface area contributed by atoms with Gasteiger partial charge in [0.2, 0.25) is 5.91 Å². The van der Waals surface area contributed by atoms with Crippen molar-refractivity contribution in [1.29, 1.82) is 0 Å². The molecule has 0 saturated heterocycles. The van der Waals surface area contributed by atoms with Crippen molar-refractivity contribution in [2.75, 3.05) is 27.2 Å². The van der Waals surface area contributed by atoms with Gasteiger partial charge in [0.1, 0.15) is 10.8 Å². The van der Waals surface area contributed by atoms with E-state index in [4.69, 9.17) is 0 Å². The van der Waals surface area contributed by atoms with E-state index in [1.54, 1.807) is 40.5 Å². The summed E-state index contributed by atoms with van der Waals surface area (Å²) in [4.78, 5) is 21.1. The minimum Gasteiger partial charge on any atom is -0.334 e. The number of amides is 1. The Bertz CT molecular complexity index is 901. The van der Waals surface area contributed by atoms with Crippen LogP contribution < -0.4 is 0 Å². The molecule has 2 aromatic carbocycles. The lowest BCUT2D eigenvalue weighted by Crippen LogP contribution is -2.35. The highest BCUT2D eigenvalue weighted by molar-refractivity contribution is 7.19. The monoisotopic (exact) mass is 383 g/mol. The molecule has 0 bridgehead atoms. The summed E-state index contributed by atoms with van der Waals surface area (Å²) in [6, 6.07) is 14.2. The van der Waals surface area contributed by atoms with E-state index in [-0.39, 0.29) is 11.7 Å². The van der Waals surface area contributed by atoms with Crippen LogP contribution in [0.1, 0.15) is 10.6 Å². The van der Waals surface area contributed by atoms with Gasteiger partial charge in [-0.1, -0.05) is 24.3 Å². The molecule has 140 valence electrons. The largest absolute Gasteiger partial charge is 0.334 e. The van der Waals surface area contributed by atoms with Crippen LogP contribution in [0, 0.1) is 5.82 Å². The summed E-state index contributed by atoms with van der Waals surface area (Å²) in [6.45, 7) is 1.78. The molecule has 0 fully saturated rings. The first-order valence-electron chi connectivity index (χ1n) is 8.73. The lowest BCUT2D eigenvalue weighted by atomic mass is 10.2. The number of aromatic nitrogens is 1. The van der Waals surface area contributed by atoms with E-state index in [1.165, 1.54) is 12.1 Å². The molecule has 27 heavy (non-hydrogen) atoms. The standard InChI is InChI=1S/C21H22FN3OS/c1-24(2)13-14-25(15-16-7-9-17(22)10-8-16)21(26)12-11-20-23-18-5-3-4-6-19(18)27-20/h3-12H,13-15H2,1-2H3/b12-11+. The third-order valence-electron chi connectivity index (χ3n) is 4.09. The van der Waals surface area contributed by atoms with Gasteiger partial charge < -0.3 is 9.80 Å². The van der Waals surface area contributed by atoms with Gasteiger partial charge in [0.15, 0.2) is 0 Å². The molecule has 0 saturated carbocycles. The van der Waals surface area contributed by atoms with Gasteiger partial charge in [0.05, 0.1) is 10.2 Å². The predicted octanol–water partition coefficient (Wildman–Crippen LogP) is 4.04. The Kier molecular flexibility index (Phi) is 6.32. The number of thiazole rings is 1. The molecule has 0 unspecified atom stereocenters. The Hall–Kier alpha value is -2.57. The number of para-hydroxylation sites is 1. The molecule has 0 radical (unpaired) electrons. The summed E-state index contributed by atoms with van der Waals surface area (Å²) in [5, 5.41) is 0.805. The van der Waals surface area contributed by atoms with Crippen LogP contribution in [0.25, 0.3) is 16.3 Å². The molecule has 0 aliphatic heterocycles. The normalized spacial score (nSPS) is 11.6. The highest BCUT2D eigenvalue weighted by Crippen LogP contribution is 2.22. The van der Waals surface area contributed by atoms with Crippen molar-refractivity contribution in [3.63, 3.8) is 0 Å². The van der Waals surface area contributed by atoms with E-state index in [1.807, 2.05) is 43.3 Å². The zero-order valence-electron chi connectivity index (χ0n) is 15.4. The molecule has 6 heteroatoms. The molecule has 0 aliphatic carbocycles. The van der Waals surface area contributed by atoms with Gasteiger partial charge >= 0.3 is 0 Å². The Morgan fingerprint density at radius 2 is 1.85 bits per heavy atom. The van der Waals surface area contributed by atoms with Gasteiger partial charge in [-0.05, 0) is 50.0 Å². The number of hydrogen-bond acceptors (Lipinski definition) is 4. The molecular weight excluding hydrogens is 361 g/mol. The maximum absolute atomic E-state index is 13.1. The summed E-state index contributed by atoms with van der Waals surface area (Å²) in [7, 11) is 3.94. The Balaban J connectivity index is 1.73. The van der Waals surface area contributed by atoms with Gasteiger partial charge in [-0.25, -0.2) is 9.37 Å². The quantitative estimate of drug-likeness (QED) is 0.578. The lowest BCUT2D eigenvalue weighted by Gasteiger charge is -2.23. The lowest BCUT2D eigenvalue weighted by molar-refractivity contribution is -0.126. The number of halogens is 1. The van der Waals surface area contributed by atoms with E-state index in [0.29, 0.717) is 13.1 Å². The molecular formula is C21H22FN3OS. The van der Waals surface area contributed by atoms with Gasteiger partial charge in [-0.3, -0.25) is 4.79 Å². The highest BCUT2D eigenvalue weighted by atomic mass is 32.1. The molecule has 0 atom stereocenters. The van der Waals surface area contributed by atoms with Crippen molar-refractivity contribution in [3.05, 3.63) is 71.0 Å². The molecule has 1 heterocycles. The second kappa shape index (κ2) is 8.88. The van der Waals surface area contributed by atoms with E-state index < -0.39 is 0 Å². The van der Waals surface area contributed by atoms with Crippen molar-refractivity contribution in [1.82, 2.24) is 14.8 Å². The summed E-state index contributed by atoms with van der Waals surface area (Å²) >= 11 is 1.56. The second-order valence-corrected chi connectivity index (χ2v) is 7.60. The molecule has 0 aliphatic rings. The van der Waals surface area contributed by atoms with Crippen LogP contribution in [0.15, 0.2) is 54.6 Å². The minimum atomic E-state index is -0.277. The SMILES string of the molecule is CN(C)CCN(Cc1ccc(F)cc1)C(=O)/C=C/c1nc2ccccc2s1. The van der Waals surface area contributed by atoms with Crippen LogP contribution >= 0.6 is 11.3 Å². The minimum absolute atomic E-state index is 0.0829. The first-order valence-corrected chi connectivity index (χ1v) is 9.54.